The van der Waals surface area contributed by atoms with Crippen molar-refractivity contribution < 1.29 is 26.7 Å². The van der Waals surface area contributed by atoms with Gasteiger partial charge in [0, 0.05) is 43.1 Å². The second-order valence-corrected chi connectivity index (χ2v) is 8.21. The minimum atomic E-state index is -2.16. The van der Waals surface area contributed by atoms with Crippen LogP contribution in [0, 0.1) is 42.9 Å². The van der Waals surface area contributed by atoms with E-state index in [-0.39, 0.29) is 19.0 Å². The van der Waals surface area contributed by atoms with E-state index in [1.165, 1.54) is 0 Å². The van der Waals surface area contributed by atoms with Crippen LogP contribution in [0.1, 0.15) is 21.5 Å². The molecular weight excluding hydrogens is 453 g/mol. The molecule has 0 aliphatic carbocycles. The van der Waals surface area contributed by atoms with Crippen LogP contribution >= 0.6 is 0 Å². The van der Waals surface area contributed by atoms with Gasteiger partial charge in [-0.1, -0.05) is 17.7 Å². The van der Waals surface area contributed by atoms with Crippen molar-refractivity contribution in [1.82, 2.24) is 0 Å². The Bertz CT molecular complexity index is 1210. The second kappa shape index (κ2) is 9.32. The molecule has 0 radical (unpaired) electrons. The largest absolute Gasteiger partial charge is 0.368 e. The highest BCUT2D eigenvalue weighted by Gasteiger charge is 2.30. The van der Waals surface area contributed by atoms with Crippen molar-refractivity contribution in [2.75, 3.05) is 41.3 Å². The third-order valence-electron chi connectivity index (χ3n) is 5.90. The van der Waals surface area contributed by atoms with Crippen LogP contribution in [0.5, 0.6) is 0 Å². The Kier molecular flexibility index (Phi) is 6.45. The van der Waals surface area contributed by atoms with Gasteiger partial charge in [0.15, 0.2) is 23.3 Å². The van der Waals surface area contributed by atoms with Crippen LogP contribution in [0.15, 0.2) is 42.5 Å². The van der Waals surface area contributed by atoms with E-state index in [4.69, 9.17) is 0 Å². The Balaban J connectivity index is 1.42. The lowest BCUT2D eigenvalue weighted by Crippen LogP contribution is -2.47. The Morgan fingerprint density at radius 1 is 0.735 bits per heavy atom. The van der Waals surface area contributed by atoms with Crippen LogP contribution < -0.4 is 15.1 Å². The summed E-state index contributed by atoms with van der Waals surface area (Å²) >= 11 is 0. The highest BCUT2D eigenvalue weighted by atomic mass is 19.2. The average Bonchev–Trinajstić information content (AvgIpc) is 2.82. The summed E-state index contributed by atoms with van der Waals surface area (Å²) < 4.78 is 68.6. The molecule has 0 aromatic heterocycles. The number of rotatable bonds is 4. The van der Waals surface area contributed by atoms with E-state index in [0.717, 1.165) is 21.7 Å². The number of benzene rings is 3. The molecule has 34 heavy (non-hydrogen) atoms. The maximum atomic E-state index is 14.1. The number of amides is 1. The minimum Gasteiger partial charge on any atom is -0.368 e. The predicted octanol–water partition coefficient (Wildman–Crippen LogP) is 5.58. The fourth-order valence-corrected chi connectivity index (χ4v) is 4.08. The zero-order valence-electron chi connectivity index (χ0n) is 18.6. The quantitative estimate of drug-likeness (QED) is 0.304. The molecule has 1 aliphatic heterocycles. The fraction of sp³-hybridized carbons (Fsp3) is 0.240. The van der Waals surface area contributed by atoms with Gasteiger partial charge in [0.1, 0.15) is 5.69 Å². The third kappa shape index (κ3) is 4.42. The monoisotopic (exact) mass is 475 g/mol. The molecule has 1 fully saturated rings. The summed E-state index contributed by atoms with van der Waals surface area (Å²) in [6, 6.07) is 12.7. The minimum absolute atomic E-state index is 0.0730. The maximum absolute atomic E-state index is 14.1. The molecule has 0 saturated carbocycles. The zero-order valence-corrected chi connectivity index (χ0v) is 18.6. The maximum Gasteiger partial charge on any atom is 0.255 e. The van der Waals surface area contributed by atoms with Gasteiger partial charge < -0.3 is 15.1 Å². The second-order valence-electron chi connectivity index (χ2n) is 8.21. The zero-order chi connectivity index (χ0) is 24.6. The van der Waals surface area contributed by atoms with Gasteiger partial charge >= 0.3 is 0 Å². The lowest BCUT2D eigenvalue weighted by atomic mass is 10.1. The summed E-state index contributed by atoms with van der Waals surface area (Å²) in [5.74, 6) is -9.93. The first-order chi connectivity index (χ1) is 16.2. The van der Waals surface area contributed by atoms with Gasteiger partial charge in [0.2, 0.25) is 5.82 Å². The first-order valence-corrected chi connectivity index (χ1v) is 10.7. The number of carbonyl (C=O) groups is 1. The molecule has 0 bridgehead atoms. The van der Waals surface area contributed by atoms with Crippen molar-refractivity contribution in [1.29, 1.82) is 0 Å². The van der Waals surface area contributed by atoms with Gasteiger partial charge in [-0.05, 0) is 49.7 Å². The standard InChI is InChI=1S/C25H22F5N3O/c1-14-3-8-18(15(2)13-14)25(34)31-16-4-6-17(7-5-16)32-9-11-33(12-10-32)24-22(29)20(27)19(26)21(28)23(24)30/h3-8,13H,9-12H2,1-2H3,(H,31,34). The van der Waals surface area contributed by atoms with Crippen molar-refractivity contribution >= 4 is 23.0 Å². The van der Waals surface area contributed by atoms with E-state index in [1.54, 1.807) is 30.3 Å². The number of carbonyl (C=O) groups excluding carboxylic acids is 1. The summed E-state index contributed by atoms with van der Waals surface area (Å²) in [5, 5.41) is 2.85. The molecule has 9 heteroatoms. The van der Waals surface area contributed by atoms with Crippen LogP contribution in [0.25, 0.3) is 0 Å². The van der Waals surface area contributed by atoms with E-state index < -0.39 is 34.8 Å². The number of piperazine rings is 1. The van der Waals surface area contributed by atoms with Crippen molar-refractivity contribution in [3.05, 3.63) is 88.2 Å². The number of aryl methyl sites for hydroxylation is 2. The van der Waals surface area contributed by atoms with Gasteiger partial charge in [-0.3, -0.25) is 4.79 Å². The van der Waals surface area contributed by atoms with E-state index >= 15 is 0 Å². The molecular formula is C25H22F5N3O. The van der Waals surface area contributed by atoms with E-state index in [9.17, 15) is 26.7 Å². The summed E-state index contributed by atoms with van der Waals surface area (Å²) in [7, 11) is 0. The summed E-state index contributed by atoms with van der Waals surface area (Å²) in [6.07, 6.45) is 0. The predicted molar refractivity (Wildman–Crippen MR) is 121 cm³/mol. The third-order valence-corrected chi connectivity index (χ3v) is 5.90. The van der Waals surface area contributed by atoms with Crippen LogP contribution in [0.4, 0.5) is 39.0 Å². The van der Waals surface area contributed by atoms with Gasteiger partial charge in [-0.25, -0.2) is 22.0 Å². The normalized spacial score (nSPS) is 13.9. The number of anilines is 3. The van der Waals surface area contributed by atoms with E-state index in [2.05, 4.69) is 5.32 Å². The highest BCUT2D eigenvalue weighted by Crippen LogP contribution is 2.31. The fourth-order valence-electron chi connectivity index (χ4n) is 4.08. The molecule has 1 aliphatic rings. The summed E-state index contributed by atoms with van der Waals surface area (Å²) in [5.41, 5.74) is 3.04. The van der Waals surface area contributed by atoms with Crippen LogP contribution in [0.2, 0.25) is 0 Å². The first kappa shape index (κ1) is 23.5. The topological polar surface area (TPSA) is 35.6 Å². The average molecular weight is 475 g/mol. The number of nitrogens with one attached hydrogen (secondary N) is 1. The van der Waals surface area contributed by atoms with Crippen molar-refractivity contribution in [3.8, 4) is 0 Å². The SMILES string of the molecule is Cc1ccc(C(=O)Nc2ccc(N3CCN(c4c(F)c(F)c(F)c(F)c4F)CC3)cc2)c(C)c1. The molecule has 178 valence electrons. The smallest absolute Gasteiger partial charge is 0.255 e. The molecule has 1 heterocycles. The lowest BCUT2D eigenvalue weighted by Gasteiger charge is -2.37. The van der Waals surface area contributed by atoms with Gasteiger partial charge in [-0.15, -0.1) is 0 Å². The number of hydrogen-bond donors (Lipinski definition) is 1. The number of halogens is 5. The molecule has 0 atom stereocenters. The van der Waals surface area contributed by atoms with Crippen molar-refractivity contribution in [3.63, 3.8) is 0 Å². The Hall–Kier alpha value is -3.62. The van der Waals surface area contributed by atoms with Gasteiger partial charge in [0.25, 0.3) is 5.91 Å². The lowest BCUT2D eigenvalue weighted by molar-refractivity contribution is 0.102. The molecule has 0 unspecified atom stereocenters. The molecule has 4 nitrogen and oxygen atoms in total. The number of nitrogens with zero attached hydrogens (tertiary/aromatic N) is 2. The Morgan fingerprint density at radius 3 is 1.82 bits per heavy atom. The summed E-state index contributed by atoms with van der Waals surface area (Å²) in [6.45, 7) is 4.60. The van der Waals surface area contributed by atoms with Crippen LogP contribution in [-0.2, 0) is 0 Å². The molecule has 4 rings (SSSR count). The van der Waals surface area contributed by atoms with E-state index in [0.29, 0.717) is 24.3 Å². The molecule has 0 spiro atoms. The molecule has 1 N–H and O–H groups in total. The van der Waals surface area contributed by atoms with E-state index in [1.807, 2.05) is 30.9 Å². The molecule has 3 aromatic rings. The number of hydrogen-bond acceptors (Lipinski definition) is 3. The molecule has 1 amide bonds. The van der Waals surface area contributed by atoms with Gasteiger partial charge in [0.05, 0.1) is 0 Å². The molecule has 3 aromatic carbocycles. The highest BCUT2D eigenvalue weighted by molar-refractivity contribution is 6.05. The van der Waals surface area contributed by atoms with Crippen LogP contribution in [-0.4, -0.2) is 32.1 Å². The summed E-state index contributed by atoms with van der Waals surface area (Å²) in [4.78, 5) is 15.6. The van der Waals surface area contributed by atoms with Crippen LogP contribution in [0.3, 0.4) is 0 Å². The first-order valence-electron chi connectivity index (χ1n) is 10.7. The molecule has 1 saturated heterocycles. The van der Waals surface area contributed by atoms with Gasteiger partial charge in [-0.2, -0.15) is 0 Å². The Labute approximate surface area is 193 Å². The Morgan fingerprint density at radius 2 is 1.26 bits per heavy atom. The van der Waals surface area contributed by atoms with Crippen molar-refractivity contribution in [2.45, 2.75) is 13.8 Å². The van der Waals surface area contributed by atoms with Crippen molar-refractivity contribution in [2.24, 2.45) is 0 Å².